The van der Waals surface area contributed by atoms with E-state index >= 15 is 0 Å². The molecule has 0 fully saturated rings. The van der Waals surface area contributed by atoms with E-state index in [0.29, 0.717) is 5.92 Å². The Morgan fingerprint density at radius 2 is 1.92 bits per heavy atom. The van der Waals surface area contributed by atoms with Crippen molar-refractivity contribution in [2.24, 2.45) is 5.73 Å². The van der Waals surface area contributed by atoms with E-state index in [0.717, 1.165) is 25.3 Å². The van der Waals surface area contributed by atoms with Crippen LogP contribution in [0.4, 0.5) is 5.69 Å². The molecule has 2 unspecified atom stereocenters. The van der Waals surface area contributed by atoms with E-state index < -0.39 is 0 Å². The Hall–Kier alpha value is -2.00. The lowest BCUT2D eigenvalue weighted by Crippen LogP contribution is -2.42. The summed E-state index contributed by atoms with van der Waals surface area (Å²) >= 11 is 0. The summed E-state index contributed by atoms with van der Waals surface area (Å²) in [6.07, 6.45) is 1.03. The standard InChI is InChI=1S/C21H28N2O/c1-4-18(22)13-23-14-21(16-8-6-5-7-9-16)24-20-11-10-17(15(2)3)12-19(20)23/h5-12,15,18,21H,4,13-14,22H2,1-3H3. The van der Waals surface area contributed by atoms with Gasteiger partial charge >= 0.3 is 0 Å². The summed E-state index contributed by atoms with van der Waals surface area (Å²) < 4.78 is 6.32. The third kappa shape index (κ3) is 3.57. The predicted molar refractivity (Wildman–Crippen MR) is 101 cm³/mol. The van der Waals surface area contributed by atoms with Gasteiger partial charge in [0.2, 0.25) is 0 Å². The van der Waals surface area contributed by atoms with Crippen LogP contribution in [0.1, 0.15) is 50.3 Å². The van der Waals surface area contributed by atoms with E-state index in [1.807, 2.05) is 6.07 Å². The molecule has 3 nitrogen and oxygen atoms in total. The largest absolute Gasteiger partial charge is 0.482 e. The van der Waals surface area contributed by atoms with E-state index in [1.165, 1.54) is 16.8 Å². The van der Waals surface area contributed by atoms with E-state index in [2.05, 4.69) is 68.1 Å². The number of nitrogens with zero attached hydrogens (tertiary/aromatic N) is 1. The first-order valence-electron chi connectivity index (χ1n) is 8.94. The van der Waals surface area contributed by atoms with E-state index in [9.17, 15) is 0 Å². The maximum atomic E-state index is 6.32. The van der Waals surface area contributed by atoms with Crippen molar-refractivity contribution in [3.63, 3.8) is 0 Å². The van der Waals surface area contributed by atoms with E-state index in [4.69, 9.17) is 10.5 Å². The highest BCUT2D eigenvalue weighted by Gasteiger charge is 2.28. The summed E-state index contributed by atoms with van der Waals surface area (Å²) in [5.74, 6) is 1.46. The van der Waals surface area contributed by atoms with Gasteiger partial charge in [-0.05, 0) is 35.6 Å². The summed E-state index contributed by atoms with van der Waals surface area (Å²) in [6, 6.07) is 17.2. The number of ether oxygens (including phenoxy) is 1. The minimum atomic E-state index is 0.0488. The molecular weight excluding hydrogens is 296 g/mol. The lowest BCUT2D eigenvalue weighted by molar-refractivity contribution is 0.196. The first-order chi connectivity index (χ1) is 11.6. The van der Waals surface area contributed by atoms with Crippen molar-refractivity contribution >= 4 is 5.69 Å². The number of hydrogen-bond donors (Lipinski definition) is 1. The zero-order valence-electron chi connectivity index (χ0n) is 14.9. The quantitative estimate of drug-likeness (QED) is 0.881. The molecule has 1 aliphatic heterocycles. The van der Waals surface area contributed by atoms with Crippen molar-refractivity contribution in [1.82, 2.24) is 0 Å². The smallest absolute Gasteiger partial charge is 0.143 e. The molecule has 0 bridgehead atoms. The fourth-order valence-corrected chi connectivity index (χ4v) is 3.16. The lowest BCUT2D eigenvalue weighted by atomic mass is 9.99. The van der Waals surface area contributed by atoms with Crippen LogP contribution >= 0.6 is 0 Å². The molecule has 0 spiro atoms. The molecule has 3 rings (SSSR count). The molecule has 2 atom stereocenters. The molecule has 24 heavy (non-hydrogen) atoms. The highest BCUT2D eigenvalue weighted by molar-refractivity contribution is 5.62. The number of nitrogens with two attached hydrogens (primary N) is 1. The van der Waals surface area contributed by atoms with Crippen LogP contribution in [0.3, 0.4) is 0 Å². The molecular formula is C21H28N2O. The summed E-state index contributed by atoms with van der Waals surface area (Å²) in [5, 5.41) is 0. The molecule has 1 aliphatic rings. The third-order valence-corrected chi connectivity index (χ3v) is 4.80. The zero-order valence-corrected chi connectivity index (χ0v) is 14.9. The molecule has 128 valence electrons. The molecule has 0 amide bonds. The van der Waals surface area contributed by atoms with Crippen LogP contribution in [0, 0.1) is 0 Å². The highest BCUT2D eigenvalue weighted by Crippen LogP contribution is 2.39. The Bertz CT molecular complexity index is 669. The van der Waals surface area contributed by atoms with Crippen LogP contribution in [0.2, 0.25) is 0 Å². The van der Waals surface area contributed by atoms with Gasteiger partial charge in [0.25, 0.3) is 0 Å². The summed E-state index contributed by atoms with van der Waals surface area (Å²) in [4.78, 5) is 2.40. The molecule has 2 N–H and O–H groups in total. The zero-order chi connectivity index (χ0) is 17.1. The third-order valence-electron chi connectivity index (χ3n) is 4.80. The normalized spacial score (nSPS) is 18.2. The van der Waals surface area contributed by atoms with Gasteiger partial charge in [-0.25, -0.2) is 0 Å². The van der Waals surface area contributed by atoms with Crippen molar-refractivity contribution in [2.45, 2.75) is 45.3 Å². The molecule has 2 aromatic rings. The SMILES string of the molecule is CCC(N)CN1CC(c2ccccc2)Oc2ccc(C(C)C)cc21. The van der Waals surface area contributed by atoms with Gasteiger partial charge < -0.3 is 15.4 Å². The minimum absolute atomic E-state index is 0.0488. The summed E-state index contributed by atoms with van der Waals surface area (Å²) in [5.41, 5.74) is 9.99. The van der Waals surface area contributed by atoms with Crippen LogP contribution in [-0.4, -0.2) is 19.1 Å². The van der Waals surface area contributed by atoms with Gasteiger partial charge in [0.15, 0.2) is 0 Å². The number of fused-ring (bicyclic) bond motifs is 1. The average Bonchev–Trinajstić information content (AvgIpc) is 2.61. The second-order valence-electron chi connectivity index (χ2n) is 6.97. The molecule has 0 saturated heterocycles. The van der Waals surface area contributed by atoms with Crippen molar-refractivity contribution in [3.05, 3.63) is 59.7 Å². The number of benzene rings is 2. The maximum absolute atomic E-state index is 6.32. The van der Waals surface area contributed by atoms with Crippen molar-refractivity contribution in [1.29, 1.82) is 0 Å². The molecule has 0 saturated carbocycles. The first-order valence-corrected chi connectivity index (χ1v) is 8.94. The van der Waals surface area contributed by atoms with Crippen LogP contribution < -0.4 is 15.4 Å². The molecule has 3 heteroatoms. The van der Waals surface area contributed by atoms with Crippen molar-refractivity contribution in [3.8, 4) is 5.75 Å². The highest BCUT2D eigenvalue weighted by atomic mass is 16.5. The minimum Gasteiger partial charge on any atom is -0.482 e. The van der Waals surface area contributed by atoms with Gasteiger partial charge in [0.1, 0.15) is 11.9 Å². The maximum Gasteiger partial charge on any atom is 0.143 e. The second-order valence-corrected chi connectivity index (χ2v) is 6.97. The van der Waals surface area contributed by atoms with Gasteiger partial charge in [0, 0.05) is 12.6 Å². The summed E-state index contributed by atoms with van der Waals surface area (Å²) in [6.45, 7) is 8.29. The van der Waals surface area contributed by atoms with Crippen LogP contribution in [0.15, 0.2) is 48.5 Å². The molecule has 2 aromatic carbocycles. The topological polar surface area (TPSA) is 38.5 Å². The monoisotopic (exact) mass is 324 g/mol. The molecule has 0 aliphatic carbocycles. The van der Waals surface area contributed by atoms with E-state index in [-0.39, 0.29) is 12.1 Å². The lowest BCUT2D eigenvalue weighted by Gasteiger charge is -2.38. The van der Waals surface area contributed by atoms with Crippen LogP contribution in [0.25, 0.3) is 0 Å². The Kier molecular flexibility index (Phi) is 5.10. The Labute approximate surface area is 145 Å². The van der Waals surface area contributed by atoms with Gasteiger partial charge in [-0.15, -0.1) is 0 Å². The molecule has 1 heterocycles. The average molecular weight is 324 g/mol. The van der Waals surface area contributed by atoms with Crippen molar-refractivity contribution in [2.75, 3.05) is 18.0 Å². The fourth-order valence-electron chi connectivity index (χ4n) is 3.16. The second kappa shape index (κ2) is 7.27. The Morgan fingerprint density at radius 3 is 2.58 bits per heavy atom. The van der Waals surface area contributed by atoms with Gasteiger partial charge in [-0.3, -0.25) is 0 Å². The van der Waals surface area contributed by atoms with E-state index in [1.54, 1.807) is 0 Å². The van der Waals surface area contributed by atoms with Crippen LogP contribution in [0.5, 0.6) is 5.75 Å². The fraction of sp³-hybridized carbons (Fsp3) is 0.429. The predicted octanol–water partition coefficient (Wildman–Crippen LogP) is 4.49. The van der Waals surface area contributed by atoms with Gasteiger partial charge in [-0.1, -0.05) is 57.2 Å². The number of anilines is 1. The molecule has 0 radical (unpaired) electrons. The van der Waals surface area contributed by atoms with Crippen LogP contribution in [-0.2, 0) is 0 Å². The van der Waals surface area contributed by atoms with Gasteiger partial charge in [0.05, 0.1) is 12.2 Å². The summed E-state index contributed by atoms with van der Waals surface area (Å²) in [7, 11) is 0. The van der Waals surface area contributed by atoms with Crippen molar-refractivity contribution < 1.29 is 4.74 Å². The Balaban J connectivity index is 1.94. The number of rotatable bonds is 5. The number of hydrogen-bond acceptors (Lipinski definition) is 3. The first kappa shape index (κ1) is 16.8. The Morgan fingerprint density at radius 1 is 1.17 bits per heavy atom. The van der Waals surface area contributed by atoms with Gasteiger partial charge in [-0.2, -0.15) is 0 Å². The molecule has 0 aromatic heterocycles.